The molecular weight excluding hydrogens is 1130 g/mol. The average molecular weight is 1200 g/mol. The molecule has 464 valence electrons. The van der Waals surface area contributed by atoms with Crippen molar-refractivity contribution in [2.45, 2.75) is 113 Å². The van der Waals surface area contributed by atoms with Gasteiger partial charge in [-0.15, -0.1) is 0 Å². The van der Waals surface area contributed by atoms with Crippen LogP contribution < -0.4 is 70.0 Å². The first-order valence-corrected chi connectivity index (χ1v) is 25.9. The maximum absolute atomic E-state index is 14.2. The summed E-state index contributed by atoms with van der Waals surface area (Å²) in [5.74, 6) is -21.0. The monoisotopic (exact) mass is 1200 g/mol. The fourth-order valence-electron chi connectivity index (χ4n) is 7.59. The van der Waals surface area contributed by atoms with Crippen molar-refractivity contribution in [3.63, 3.8) is 0 Å². The van der Waals surface area contributed by atoms with E-state index in [1.54, 1.807) is 60.7 Å². The Morgan fingerprint density at radius 1 is 0.376 bits per heavy atom. The minimum absolute atomic E-state index is 0.114. The van der Waals surface area contributed by atoms with Gasteiger partial charge in [-0.05, 0) is 44.0 Å². The van der Waals surface area contributed by atoms with Gasteiger partial charge in [0.2, 0.25) is 65.0 Å². The molecule has 0 spiro atoms. The van der Waals surface area contributed by atoms with E-state index < -0.39 is 195 Å². The van der Waals surface area contributed by atoms with Crippen molar-refractivity contribution < 1.29 is 102 Å². The van der Waals surface area contributed by atoms with E-state index in [0.717, 1.165) is 0 Å². The predicted octanol–water partition coefficient (Wildman–Crippen LogP) is -7.21. The lowest BCUT2D eigenvalue weighted by Gasteiger charge is -2.27. The molecule has 2 aromatic carbocycles. The van der Waals surface area contributed by atoms with Crippen LogP contribution in [0.4, 0.5) is 0 Å². The fourth-order valence-corrected chi connectivity index (χ4v) is 7.59. The van der Waals surface area contributed by atoms with Crippen LogP contribution in [0.15, 0.2) is 60.7 Å². The number of carbonyl (C=O) groups excluding carboxylic acids is 11. The first-order chi connectivity index (χ1) is 40.1. The van der Waals surface area contributed by atoms with Crippen LogP contribution in [-0.2, 0) is 89.6 Å². The van der Waals surface area contributed by atoms with Gasteiger partial charge in [-0.25, -0.2) is 0 Å². The highest BCUT2D eigenvalue weighted by molar-refractivity contribution is 6.00. The number of amides is 11. The van der Waals surface area contributed by atoms with Gasteiger partial charge in [-0.3, -0.25) is 76.7 Å². The number of rotatable bonds is 40. The molecule has 0 aromatic heterocycles. The predicted molar refractivity (Wildman–Crippen MR) is 289 cm³/mol. The molecule has 0 saturated heterocycles. The van der Waals surface area contributed by atoms with Crippen molar-refractivity contribution in [1.29, 1.82) is 0 Å². The Labute approximate surface area is 483 Å². The van der Waals surface area contributed by atoms with Crippen molar-refractivity contribution in [3.05, 3.63) is 71.8 Å². The lowest BCUT2D eigenvalue weighted by molar-refractivity contribution is -0.144. The van der Waals surface area contributed by atoms with E-state index in [2.05, 4.69) is 26.6 Å². The maximum atomic E-state index is 14.2. The summed E-state index contributed by atoms with van der Waals surface area (Å²) in [6, 6.07) is 2.39. The Hall–Kier alpha value is -10.1. The molecule has 2 rings (SSSR count). The summed E-state index contributed by atoms with van der Waals surface area (Å²) in [5, 5.41) is 71.1. The molecule has 0 aliphatic heterocycles. The summed E-state index contributed by atoms with van der Waals surface area (Å²) in [7, 11) is 1.23. The summed E-state index contributed by atoms with van der Waals surface area (Å²) < 4.78 is 0. The number of nitrogens with two attached hydrogens (primary N) is 2. The van der Waals surface area contributed by atoms with E-state index in [4.69, 9.17) is 16.6 Å². The minimum Gasteiger partial charge on any atom is -0.481 e. The zero-order chi connectivity index (χ0) is 63.8. The standard InChI is InChI=1S/C51H69N13O21/c1-54-29(18-39(68)69)46(80)62-32(19-40(70)71)45(79)57-24-37(66)55-23-36(65)56-25-38(67)58-33(20-41(72)73)49(83)63-35(22-43(76)77)51(85)64-34(21-42(74)75)50(84)61-31(17-27-12-6-3-7-13-27)48(82)60-30(16-26-10-4-2-5-11-26)47(81)59-28(44(53)78)14-8-9-15-52/h2-7,10-13,28-35,54H,8-9,14-25,52H2,1H3,(H2,53,78)(H,55,66)(H,56,65)(H,57,79)(H,58,67)(H,59,81)(H,60,82)(H,61,84)(H,62,80)(H,63,83)(H,64,85)(H,68,69)(H,70,71)(H,72,73)(H,74,75)(H,76,77)/t28-,29-,30-,31-,32-,33-,34-,35-/m0/s1. The largest absolute Gasteiger partial charge is 0.481 e. The van der Waals surface area contributed by atoms with E-state index in [-0.39, 0.29) is 19.3 Å². The minimum atomic E-state index is -2.23. The summed E-state index contributed by atoms with van der Waals surface area (Å²) in [6.45, 7) is -2.49. The lowest BCUT2D eigenvalue weighted by Crippen LogP contribution is -2.60. The van der Waals surface area contributed by atoms with Gasteiger partial charge >= 0.3 is 29.8 Å². The third kappa shape index (κ3) is 28.4. The molecule has 0 bridgehead atoms. The molecule has 0 unspecified atom stereocenters. The summed E-state index contributed by atoms with van der Waals surface area (Å²) in [4.78, 5) is 203. The van der Waals surface area contributed by atoms with E-state index >= 15 is 0 Å². The van der Waals surface area contributed by atoms with E-state index in [0.29, 0.717) is 30.5 Å². The van der Waals surface area contributed by atoms with Crippen molar-refractivity contribution in [2.75, 3.05) is 33.2 Å². The van der Waals surface area contributed by atoms with Crippen molar-refractivity contribution in [3.8, 4) is 0 Å². The lowest BCUT2D eigenvalue weighted by atomic mass is 10.0. The molecule has 20 N–H and O–H groups in total. The van der Waals surface area contributed by atoms with Crippen LogP contribution in [0.1, 0.15) is 62.5 Å². The first kappa shape index (κ1) is 71.0. The smallest absolute Gasteiger partial charge is 0.305 e. The number of benzene rings is 2. The first-order valence-electron chi connectivity index (χ1n) is 25.9. The third-order valence-corrected chi connectivity index (χ3v) is 11.9. The van der Waals surface area contributed by atoms with Crippen LogP contribution in [0.25, 0.3) is 0 Å². The number of carboxylic acids is 5. The average Bonchev–Trinajstić information content (AvgIpc) is 3.56. The Morgan fingerprint density at radius 2 is 0.682 bits per heavy atom. The van der Waals surface area contributed by atoms with Gasteiger partial charge in [0.25, 0.3) is 0 Å². The highest BCUT2D eigenvalue weighted by atomic mass is 16.4. The normalized spacial score (nSPS) is 13.5. The van der Waals surface area contributed by atoms with E-state index in [1.807, 2.05) is 31.9 Å². The van der Waals surface area contributed by atoms with Crippen molar-refractivity contribution in [2.24, 2.45) is 11.5 Å². The van der Waals surface area contributed by atoms with Crippen LogP contribution in [0, 0.1) is 0 Å². The maximum Gasteiger partial charge on any atom is 0.305 e. The Bertz CT molecular complexity index is 2740. The molecule has 0 radical (unpaired) electrons. The fraction of sp³-hybridized carbons (Fsp3) is 0.451. The number of carbonyl (C=O) groups is 16. The van der Waals surface area contributed by atoms with Crippen LogP contribution in [-0.4, -0.2) is 202 Å². The second kappa shape index (κ2) is 37.1. The summed E-state index contributed by atoms with van der Waals surface area (Å²) in [6.07, 6.45) is -4.90. The van der Waals surface area contributed by atoms with Crippen LogP contribution in [0.2, 0.25) is 0 Å². The number of aliphatic carboxylic acids is 5. The molecule has 0 fully saturated rings. The molecular formula is C51H69N13O21. The number of hydrogen-bond acceptors (Lipinski definition) is 18. The molecule has 0 saturated carbocycles. The summed E-state index contributed by atoms with van der Waals surface area (Å²) >= 11 is 0. The Kier molecular flexibility index (Phi) is 31.0. The second-order valence-corrected chi connectivity index (χ2v) is 18.7. The number of hydrogen-bond donors (Lipinski definition) is 18. The molecule has 11 amide bonds. The Morgan fingerprint density at radius 3 is 1.05 bits per heavy atom. The summed E-state index contributed by atoms with van der Waals surface area (Å²) in [5.41, 5.74) is 12.1. The van der Waals surface area contributed by atoms with Gasteiger partial charge in [0.15, 0.2) is 0 Å². The molecule has 34 heteroatoms. The third-order valence-electron chi connectivity index (χ3n) is 11.9. The number of unbranched alkanes of at least 4 members (excludes halogenated alkanes) is 1. The SMILES string of the molecule is CN[C@@H](CC(=O)O)C(=O)N[C@@H](CC(=O)O)C(=O)NCC(=O)NCC(=O)NCC(=O)N[C@@H](CC(=O)O)C(=O)N[C@@H](CC(=O)O)C(=O)N[C@@H](CC(=O)O)C(=O)N[C@@H](Cc1ccccc1)C(=O)N[C@@H](Cc1ccccc1)C(=O)N[C@@H](CCCCN)C(N)=O. The van der Waals surface area contributed by atoms with Crippen LogP contribution in [0.3, 0.4) is 0 Å². The molecule has 34 nitrogen and oxygen atoms in total. The number of carboxylic acid groups (broad SMARTS) is 5. The van der Waals surface area contributed by atoms with Gasteiger partial charge < -0.3 is 95.5 Å². The van der Waals surface area contributed by atoms with Gasteiger partial charge in [-0.2, -0.15) is 0 Å². The number of primary amides is 1. The molecule has 8 atom stereocenters. The van der Waals surface area contributed by atoms with Crippen LogP contribution in [0.5, 0.6) is 0 Å². The number of likely N-dealkylation sites (N-methyl/N-ethyl adjacent to an activating group) is 1. The van der Waals surface area contributed by atoms with Gasteiger partial charge in [0.05, 0.1) is 57.8 Å². The van der Waals surface area contributed by atoms with Crippen molar-refractivity contribution in [1.82, 2.24) is 58.5 Å². The molecule has 0 heterocycles. The molecule has 2 aromatic rings. The highest BCUT2D eigenvalue weighted by Crippen LogP contribution is 2.11. The van der Waals surface area contributed by atoms with E-state index in [1.165, 1.54) is 7.05 Å². The van der Waals surface area contributed by atoms with E-state index in [9.17, 15) is 97.1 Å². The number of nitrogens with one attached hydrogen (secondary N) is 11. The topological polar surface area (TPSA) is 559 Å². The highest BCUT2D eigenvalue weighted by Gasteiger charge is 2.36. The van der Waals surface area contributed by atoms with Crippen LogP contribution >= 0.6 is 0 Å². The van der Waals surface area contributed by atoms with Gasteiger partial charge in [0, 0.05) is 12.8 Å². The zero-order valence-corrected chi connectivity index (χ0v) is 45.7. The van der Waals surface area contributed by atoms with Gasteiger partial charge in [-0.1, -0.05) is 60.7 Å². The second-order valence-electron chi connectivity index (χ2n) is 18.7. The molecule has 85 heavy (non-hydrogen) atoms. The molecule has 0 aliphatic rings. The zero-order valence-electron chi connectivity index (χ0n) is 45.7. The molecule has 0 aliphatic carbocycles. The quantitative estimate of drug-likeness (QED) is 0.0276. The van der Waals surface area contributed by atoms with Gasteiger partial charge in [0.1, 0.15) is 42.3 Å². The van der Waals surface area contributed by atoms with Crippen molar-refractivity contribution >= 4 is 94.8 Å². The Balaban J connectivity index is 2.24.